The van der Waals surface area contributed by atoms with Gasteiger partial charge in [-0.25, -0.2) is 0 Å². The van der Waals surface area contributed by atoms with Crippen molar-refractivity contribution in [3.05, 3.63) is 0 Å². The predicted molar refractivity (Wildman–Crippen MR) is 60.9 cm³/mol. The van der Waals surface area contributed by atoms with Crippen LogP contribution in [-0.4, -0.2) is 54.9 Å². The van der Waals surface area contributed by atoms with Crippen LogP contribution in [0.1, 0.15) is 19.8 Å². The maximum absolute atomic E-state index is 11.1. The average molecular weight is 230 g/mol. The molecule has 0 aliphatic carbocycles. The van der Waals surface area contributed by atoms with Crippen LogP contribution in [0.15, 0.2) is 0 Å². The molecule has 0 radical (unpaired) electrons. The Labute approximate surface area is 96.6 Å². The Morgan fingerprint density at radius 1 is 1.69 bits per heavy atom. The van der Waals surface area contributed by atoms with Crippen LogP contribution in [0, 0.1) is 5.92 Å². The molecule has 1 saturated heterocycles. The van der Waals surface area contributed by atoms with Gasteiger partial charge in [-0.1, -0.05) is 0 Å². The van der Waals surface area contributed by atoms with Crippen LogP contribution < -0.4 is 5.73 Å². The number of nitrogens with two attached hydrogens (primary N) is 1. The number of aliphatic hydroxyl groups excluding tert-OH is 1. The second kappa shape index (κ2) is 6.83. The first-order chi connectivity index (χ1) is 7.63. The first-order valence-corrected chi connectivity index (χ1v) is 5.91. The third-order valence-corrected chi connectivity index (χ3v) is 2.89. The zero-order chi connectivity index (χ0) is 12.0. The number of hydrogen-bond acceptors (Lipinski definition) is 4. The molecule has 0 bridgehead atoms. The van der Waals surface area contributed by atoms with Crippen LogP contribution in [0.3, 0.4) is 0 Å². The van der Waals surface area contributed by atoms with Crippen molar-refractivity contribution in [1.29, 1.82) is 0 Å². The Morgan fingerprint density at radius 2 is 2.44 bits per heavy atom. The molecular formula is C11H22N2O3. The number of nitrogens with zero attached hydrogens (tertiary/aromatic N) is 1. The fourth-order valence-corrected chi connectivity index (χ4v) is 2.06. The molecule has 0 aromatic heterocycles. The van der Waals surface area contributed by atoms with E-state index in [-0.39, 0.29) is 11.8 Å². The highest BCUT2D eigenvalue weighted by atomic mass is 16.5. The maximum atomic E-state index is 11.1. The smallest absolute Gasteiger partial charge is 0.221 e. The summed E-state index contributed by atoms with van der Waals surface area (Å²) in [4.78, 5) is 13.2. The molecule has 94 valence electrons. The van der Waals surface area contributed by atoms with Gasteiger partial charge in [-0.15, -0.1) is 0 Å². The van der Waals surface area contributed by atoms with E-state index in [4.69, 9.17) is 10.5 Å². The summed E-state index contributed by atoms with van der Waals surface area (Å²) in [6.45, 7) is 5.02. The number of primary amides is 1. The minimum atomic E-state index is -0.480. The number of amides is 1. The topological polar surface area (TPSA) is 75.8 Å². The number of ether oxygens (including phenoxy) is 1. The molecule has 2 unspecified atom stereocenters. The largest absolute Gasteiger partial charge is 0.389 e. The molecule has 0 saturated carbocycles. The van der Waals surface area contributed by atoms with Crippen LogP contribution in [0.5, 0.6) is 0 Å². The zero-order valence-corrected chi connectivity index (χ0v) is 9.89. The second-order valence-electron chi connectivity index (χ2n) is 4.31. The van der Waals surface area contributed by atoms with Gasteiger partial charge in [0.2, 0.25) is 5.91 Å². The number of carbonyl (C=O) groups is 1. The summed E-state index contributed by atoms with van der Waals surface area (Å²) >= 11 is 0. The van der Waals surface area contributed by atoms with Crippen molar-refractivity contribution in [2.45, 2.75) is 25.9 Å². The highest BCUT2D eigenvalue weighted by Crippen LogP contribution is 2.16. The van der Waals surface area contributed by atoms with Gasteiger partial charge in [0, 0.05) is 19.7 Å². The summed E-state index contributed by atoms with van der Waals surface area (Å²) in [6.07, 6.45) is 1.36. The standard InChI is InChI=1S/C11H22N2O3/c1-2-16-8-10(14)7-13-5-3-4-9(6-13)11(12)15/h9-10,14H,2-8H2,1H3,(H2,12,15). The Hall–Kier alpha value is -0.650. The molecule has 0 spiro atoms. The summed E-state index contributed by atoms with van der Waals surface area (Å²) in [6, 6.07) is 0. The van der Waals surface area contributed by atoms with Gasteiger partial charge >= 0.3 is 0 Å². The highest BCUT2D eigenvalue weighted by Gasteiger charge is 2.24. The fraction of sp³-hybridized carbons (Fsp3) is 0.909. The van der Waals surface area contributed by atoms with Crippen LogP contribution in [0.4, 0.5) is 0 Å². The number of aliphatic hydroxyl groups is 1. The molecule has 0 aromatic rings. The van der Waals surface area contributed by atoms with Crippen molar-refractivity contribution in [1.82, 2.24) is 4.90 Å². The quantitative estimate of drug-likeness (QED) is 0.650. The van der Waals surface area contributed by atoms with E-state index < -0.39 is 6.10 Å². The second-order valence-corrected chi connectivity index (χ2v) is 4.31. The molecule has 1 amide bonds. The average Bonchev–Trinajstić information content (AvgIpc) is 2.26. The maximum Gasteiger partial charge on any atom is 0.221 e. The summed E-state index contributed by atoms with van der Waals surface area (Å²) in [5.74, 6) is -0.294. The number of piperidine rings is 1. The molecule has 5 nitrogen and oxygen atoms in total. The Morgan fingerprint density at radius 3 is 3.06 bits per heavy atom. The van der Waals surface area contributed by atoms with Crippen molar-refractivity contribution in [2.75, 3.05) is 32.8 Å². The third-order valence-electron chi connectivity index (χ3n) is 2.89. The molecule has 2 atom stereocenters. The molecule has 3 N–H and O–H groups in total. The summed E-state index contributed by atoms with van der Waals surface area (Å²) in [7, 11) is 0. The Kier molecular flexibility index (Phi) is 5.73. The SMILES string of the molecule is CCOCC(O)CN1CCCC(C(N)=O)C1. The van der Waals surface area contributed by atoms with E-state index in [1.165, 1.54) is 0 Å². The van der Waals surface area contributed by atoms with E-state index in [1.807, 2.05) is 6.92 Å². The first-order valence-electron chi connectivity index (χ1n) is 5.91. The van der Waals surface area contributed by atoms with E-state index in [2.05, 4.69) is 4.90 Å². The van der Waals surface area contributed by atoms with Crippen LogP contribution in [0.25, 0.3) is 0 Å². The summed E-state index contributed by atoms with van der Waals surface area (Å²) in [5.41, 5.74) is 5.29. The van der Waals surface area contributed by atoms with Crippen molar-refractivity contribution in [2.24, 2.45) is 11.7 Å². The lowest BCUT2D eigenvalue weighted by molar-refractivity contribution is -0.123. The summed E-state index contributed by atoms with van der Waals surface area (Å²) in [5, 5.41) is 9.67. The molecular weight excluding hydrogens is 208 g/mol. The van der Waals surface area contributed by atoms with Gasteiger partial charge in [0.15, 0.2) is 0 Å². The van der Waals surface area contributed by atoms with E-state index >= 15 is 0 Å². The van der Waals surface area contributed by atoms with Gasteiger partial charge in [0.05, 0.1) is 18.6 Å². The van der Waals surface area contributed by atoms with Crippen molar-refractivity contribution < 1.29 is 14.6 Å². The van der Waals surface area contributed by atoms with Gasteiger partial charge in [0.25, 0.3) is 0 Å². The number of hydrogen-bond donors (Lipinski definition) is 2. The Bertz CT molecular complexity index is 223. The fourth-order valence-electron chi connectivity index (χ4n) is 2.06. The molecule has 5 heteroatoms. The zero-order valence-electron chi connectivity index (χ0n) is 9.89. The van der Waals surface area contributed by atoms with E-state index in [0.717, 1.165) is 19.4 Å². The summed E-state index contributed by atoms with van der Waals surface area (Å²) < 4.78 is 5.14. The van der Waals surface area contributed by atoms with Crippen molar-refractivity contribution in [3.8, 4) is 0 Å². The number of likely N-dealkylation sites (tertiary alicyclic amines) is 1. The normalized spacial score (nSPS) is 24.2. The van der Waals surface area contributed by atoms with Crippen LogP contribution >= 0.6 is 0 Å². The van der Waals surface area contributed by atoms with Gasteiger partial charge in [-0.05, 0) is 26.3 Å². The van der Waals surface area contributed by atoms with Crippen molar-refractivity contribution in [3.63, 3.8) is 0 Å². The minimum Gasteiger partial charge on any atom is -0.389 e. The molecule has 1 heterocycles. The van der Waals surface area contributed by atoms with Crippen LogP contribution in [0.2, 0.25) is 0 Å². The van der Waals surface area contributed by atoms with Gasteiger partial charge in [-0.3, -0.25) is 9.69 Å². The molecule has 1 aliphatic heterocycles. The molecule has 16 heavy (non-hydrogen) atoms. The van der Waals surface area contributed by atoms with E-state index in [0.29, 0.717) is 26.3 Å². The molecule has 0 aromatic carbocycles. The third kappa shape index (κ3) is 4.47. The predicted octanol–water partition coefficient (Wildman–Crippen LogP) is -0.419. The van der Waals surface area contributed by atoms with Gasteiger partial charge in [0.1, 0.15) is 0 Å². The Balaban J connectivity index is 2.28. The monoisotopic (exact) mass is 230 g/mol. The highest BCUT2D eigenvalue weighted by molar-refractivity contribution is 5.76. The van der Waals surface area contributed by atoms with Crippen molar-refractivity contribution >= 4 is 5.91 Å². The lowest BCUT2D eigenvalue weighted by Crippen LogP contribution is -2.44. The van der Waals surface area contributed by atoms with Gasteiger partial charge < -0.3 is 15.6 Å². The molecule has 1 fully saturated rings. The minimum absolute atomic E-state index is 0.0620. The van der Waals surface area contributed by atoms with Crippen LogP contribution in [-0.2, 0) is 9.53 Å². The lowest BCUT2D eigenvalue weighted by atomic mass is 9.97. The first kappa shape index (κ1) is 13.4. The number of β-amino-alcohol motifs (C(OH)–C–C–N with tert-alkyl or cyclic N) is 1. The molecule has 1 aliphatic rings. The number of carbonyl (C=O) groups excluding carboxylic acids is 1. The van der Waals surface area contributed by atoms with E-state index in [9.17, 15) is 9.90 Å². The van der Waals surface area contributed by atoms with Gasteiger partial charge in [-0.2, -0.15) is 0 Å². The van der Waals surface area contributed by atoms with E-state index in [1.54, 1.807) is 0 Å². The molecule has 1 rings (SSSR count). The lowest BCUT2D eigenvalue weighted by Gasteiger charge is -2.32. The number of rotatable bonds is 6.